The van der Waals surface area contributed by atoms with Crippen molar-refractivity contribution in [1.29, 1.82) is 0 Å². The molecular weight excluding hydrogens is 282 g/mol. The van der Waals surface area contributed by atoms with E-state index in [0.717, 1.165) is 25.1 Å². The van der Waals surface area contributed by atoms with Gasteiger partial charge in [-0.25, -0.2) is 0 Å². The van der Waals surface area contributed by atoms with Crippen LogP contribution in [0, 0.1) is 0 Å². The highest BCUT2D eigenvalue weighted by molar-refractivity contribution is 7.10. The maximum atomic E-state index is 12.7. The first-order chi connectivity index (χ1) is 10.3. The van der Waals surface area contributed by atoms with Gasteiger partial charge in [-0.05, 0) is 43.3 Å². The number of amides is 1. The van der Waals surface area contributed by atoms with E-state index in [2.05, 4.69) is 11.4 Å². The van der Waals surface area contributed by atoms with E-state index in [1.54, 1.807) is 11.3 Å². The number of hydrogen-bond acceptors (Lipinski definition) is 3. The zero-order chi connectivity index (χ0) is 14.7. The normalized spacial score (nSPS) is 19.5. The molecule has 0 aliphatic carbocycles. The van der Waals surface area contributed by atoms with E-state index < -0.39 is 6.10 Å². The van der Waals surface area contributed by atoms with Crippen molar-refractivity contribution in [2.24, 2.45) is 0 Å². The van der Waals surface area contributed by atoms with E-state index in [1.165, 1.54) is 4.88 Å². The van der Waals surface area contributed by atoms with Gasteiger partial charge in [0.2, 0.25) is 0 Å². The summed E-state index contributed by atoms with van der Waals surface area (Å²) in [6, 6.07) is 13.9. The van der Waals surface area contributed by atoms with Crippen molar-refractivity contribution in [3.05, 3.63) is 52.7 Å². The lowest BCUT2D eigenvalue weighted by molar-refractivity contribution is -0.138. The summed E-state index contributed by atoms with van der Waals surface area (Å²) >= 11 is 1.72. The summed E-state index contributed by atoms with van der Waals surface area (Å²) in [4.78, 5) is 15.9. The molecule has 1 amide bonds. The fraction of sp³-hybridized carbons (Fsp3) is 0.353. The molecule has 1 saturated heterocycles. The highest BCUT2D eigenvalue weighted by atomic mass is 32.1. The van der Waals surface area contributed by atoms with Gasteiger partial charge in [-0.1, -0.05) is 24.3 Å². The first-order valence-electron chi connectivity index (χ1n) is 7.31. The number of likely N-dealkylation sites (tertiary alicyclic amines) is 1. The molecule has 2 unspecified atom stereocenters. The number of carbonyl (C=O) groups excluding carboxylic acids is 1. The third-order valence-corrected chi connectivity index (χ3v) is 4.78. The van der Waals surface area contributed by atoms with Gasteiger partial charge >= 0.3 is 0 Å². The largest absolute Gasteiger partial charge is 0.481 e. The van der Waals surface area contributed by atoms with Gasteiger partial charge in [0, 0.05) is 11.4 Å². The molecule has 2 atom stereocenters. The van der Waals surface area contributed by atoms with E-state index in [1.807, 2.05) is 48.2 Å². The van der Waals surface area contributed by atoms with Gasteiger partial charge in [0.25, 0.3) is 5.91 Å². The number of benzene rings is 1. The first kappa shape index (κ1) is 14.1. The van der Waals surface area contributed by atoms with Crippen LogP contribution in [0.3, 0.4) is 0 Å². The summed E-state index contributed by atoms with van der Waals surface area (Å²) < 4.78 is 5.77. The number of para-hydroxylation sites is 1. The predicted octanol–water partition coefficient (Wildman–Crippen LogP) is 3.88. The Morgan fingerprint density at radius 2 is 2.10 bits per heavy atom. The smallest absolute Gasteiger partial charge is 0.263 e. The molecule has 110 valence electrons. The number of hydrogen-bond donors (Lipinski definition) is 0. The Morgan fingerprint density at radius 1 is 1.29 bits per heavy atom. The Morgan fingerprint density at radius 3 is 2.81 bits per heavy atom. The third-order valence-electron chi connectivity index (χ3n) is 3.81. The molecule has 3 rings (SSSR count). The van der Waals surface area contributed by atoms with Crippen molar-refractivity contribution in [3.63, 3.8) is 0 Å². The summed E-state index contributed by atoms with van der Waals surface area (Å²) in [5.41, 5.74) is 0. The molecule has 0 bridgehead atoms. The summed E-state index contributed by atoms with van der Waals surface area (Å²) in [6.45, 7) is 2.66. The SMILES string of the molecule is CC(Oc1ccccc1)C(=O)N1CCCC1c1cccs1. The lowest BCUT2D eigenvalue weighted by Crippen LogP contribution is -2.39. The van der Waals surface area contributed by atoms with Gasteiger partial charge in [0.05, 0.1) is 6.04 Å². The van der Waals surface area contributed by atoms with Crippen LogP contribution in [-0.4, -0.2) is 23.5 Å². The Bertz CT molecular complexity index is 582. The zero-order valence-corrected chi connectivity index (χ0v) is 12.9. The van der Waals surface area contributed by atoms with Crippen LogP contribution in [-0.2, 0) is 4.79 Å². The molecule has 4 heteroatoms. The lowest BCUT2D eigenvalue weighted by Gasteiger charge is -2.27. The molecule has 0 spiro atoms. The minimum absolute atomic E-state index is 0.0785. The molecule has 2 heterocycles. The standard InChI is InChI=1S/C17H19NO2S/c1-13(20-14-7-3-2-4-8-14)17(19)18-11-5-9-15(18)16-10-6-12-21-16/h2-4,6-8,10,12-13,15H,5,9,11H2,1H3. The van der Waals surface area contributed by atoms with Crippen molar-refractivity contribution in [3.8, 4) is 5.75 Å². The number of rotatable bonds is 4. The Balaban J connectivity index is 1.69. The van der Waals surface area contributed by atoms with Crippen LogP contribution in [0.2, 0.25) is 0 Å². The Labute approximate surface area is 129 Å². The van der Waals surface area contributed by atoms with Crippen LogP contribution in [0.15, 0.2) is 47.8 Å². The fourth-order valence-corrected chi connectivity index (χ4v) is 3.67. The highest BCUT2D eigenvalue weighted by Gasteiger charge is 2.33. The van der Waals surface area contributed by atoms with Crippen LogP contribution < -0.4 is 4.74 Å². The van der Waals surface area contributed by atoms with Crippen molar-refractivity contribution in [2.45, 2.75) is 31.9 Å². The zero-order valence-electron chi connectivity index (χ0n) is 12.1. The average Bonchev–Trinajstić information content (AvgIpc) is 3.18. The van der Waals surface area contributed by atoms with Crippen molar-refractivity contribution in [2.75, 3.05) is 6.54 Å². The van der Waals surface area contributed by atoms with Crippen LogP contribution in [0.5, 0.6) is 5.75 Å². The van der Waals surface area contributed by atoms with Crippen molar-refractivity contribution in [1.82, 2.24) is 4.90 Å². The minimum Gasteiger partial charge on any atom is -0.481 e. The topological polar surface area (TPSA) is 29.5 Å². The van der Waals surface area contributed by atoms with Crippen molar-refractivity contribution >= 4 is 17.2 Å². The molecule has 1 aliphatic heterocycles. The maximum absolute atomic E-state index is 12.7. The van der Waals surface area contributed by atoms with E-state index in [9.17, 15) is 4.79 Å². The van der Waals surface area contributed by atoms with Gasteiger partial charge in [-0.15, -0.1) is 11.3 Å². The van der Waals surface area contributed by atoms with Gasteiger partial charge in [0.1, 0.15) is 5.75 Å². The highest BCUT2D eigenvalue weighted by Crippen LogP contribution is 2.35. The van der Waals surface area contributed by atoms with Crippen LogP contribution in [0.1, 0.15) is 30.7 Å². The quantitative estimate of drug-likeness (QED) is 0.857. The molecule has 0 saturated carbocycles. The van der Waals surface area contributed by atoms with Gasteiger partial charge in [-0.3, -0.25) is 4.79 Å². The summed E-state index contributed by atoms with van der Waals surface area (Å²) in [5.74, 6) is 0.819. The molecular formula is C17H19NO2S. The molecule has 3 nitrogen and oxygen atoms in total. The fourth-order valence-electron chi connectivity index (χ4n) is 2.79. The monoisotopic (exact) mass is 301 g/mol. The second kappa shape index (κ2) is 6.31. The molecule has 21 heavy (non-hydrogen) atoms. The van der Waals surface area contributed by atoms with Crippen LogP contribution in [0.4, 0.5) is 0 Å². The summed E-state index contributed by atoms with van der Waals surface area (Å²) in [7, 11) is 0. The average molecular weight is 301 g/mol. The van der Waals surface area contributed by atoms with E-state index in [-0.39, 0.29) is 11.9 Å². The number of ether oxygens (including phenoxy) is 1. The number of carbonyl (C=O) groups is 1. The maximum Gasteiger partial charge on any atom is 0.263 e. The molecule has 0 N–H and O–H groups in total. The first-order valence-corrected chi connectivity index (χ1v) is 8.19. The Hall–Kier alpha value is -1.81. The molecule has 1 aromatic heterocycles. The van der Waals surface area contributed by atoms with Crippen molar-refractivity contribution < 1.29 is 9.53 Å². The molecule has 1 aliphatic rings. The molecule has 1 fully saturated rings. The predicted molar refractivity (Wildman–Crippen MR) is 84.5 cm³/mol. The van der Waals surface area contributed by atoms with E-state index in [0.29, 0.717) is 0 Å². The number of thiophene rings is 1. The minimum atomic E-state index is -0.451. The second-order valence-corrected chi connectivity index (χ2v) is 6.26. The summed E-state index contributed by atoms with van der Waals surface area (Å²) in [6.07, 6.45) is 1.66. The van der Waals surface area contributed by atoms with E-state index in [4.69, 9.17) is 4.74 Å². The van der Waals surface area contributed by atoms with Gasteiger partial charge < -0.3 is 9.64 Å². The molecule has 0 radical (unpaired) electrons. The van der Waals surface area contributed by atoms with Crippen LogP contribution >= 0.6 is 11.3 Å². The van der Waals surface area contributed by atoms with Crippen LogP contribution in [0.25, 0.3) is 0 Å². The second-order valence-electron chi connectivity index (χ2n) is 5.28. The lowest BCUT2D eigenvalue weighted by atomic mass is 10.2. The Kier molecular flexibility index (Phi) is 4.25. The molecule has 1 aromatic carbocycles. The number of nitrogens with zero attached hydrogens (tertiary/aromatic N) is 1. The van der Waals surface area contributed by atoms with Gasteiger partial charge in [0.15, 0.2) is 6.10 Å². The summed E-state index contributed by atoms with van der Waals surface area (Å²) in [5, 5.41) is 2.07. The third kappa shape index (κ3) is 3.10. The van der Waals surface area contributed by atoms with Gasteiger partial charge in [-0.2, -0.15) is 0 Å². The van der Waals surface area contributed by atoms with E-state index >= 15 is 0 Å². The molecule has 2 aromatic rings.